The smallest absolute Gasteiger partial charge is 0.410 e. The fraction of sp³-hybridized carbons (Fsp3) is 0.444. The monoisotopic (exact) mass is 845 g/mol. The molecule has 2 N–H and O–H groups in total. The van der Waals surface area contributed by atoms with Gasteiger partial charge in [0.25, 0.3) is 5.69 Å². The number of aliphatic hydroxyl groups excluding tert-OH is 2. The van der Waals surface area contributed by atoms with Gasteiger partial charge in [-0.25, -0.2) is 4.79 Å². The molecule has 14 nitrogen and oxygen atoms in total. The second-order valence-electron chi connectivity index (χ2n) is 15.2. The summed E-state index contributed by atoms with van der Waals surface area (Å²) in [7, 11) is 1.63. The highest BCUT2D eigenvalue weighted by atomic mass is 35.5. The second-order valence-corrected chi connectivity index (χ2v) is 15.6. The lowest BCUT2D eigenvalue weighted by molar-refractivity contribution is -0.384. The van der Waals surface area contributed by atoms with Gasteiger partial charge in [0.15, 0.2) is 0 Å². The van der Waals surface area contributed by atoms with Gasteiger partial charge in [-0.2, -0.15) is 0 Å². The maximum Gasteiger partial charge on any atom is 0.410 e. The molecule has 2 aliphatic carbocycles. The molecule has 3 aromatic rings. The van der Waals surface area contributed by atoms with Crippen LogP contribution in [0.2, 0.25) is 0 Å². The van der Waals surface area contributed by atoms with Gasteiger partial charge in [0, 0.05) is 55.9 Å². The average Bonchev–Trinajstić information content (AvgIpc) is 3.26. The zero-order chi connectivity index (χ0) is 42.6. The van der Waals surface area contributed by atoms with E-state index in [1.165, 1.54) is 17.0 Å². The van der Waals surface area contributed by atoms with E-state index >= 15 is 0 Å². The first kappa shape index (κ1) is 44.3. The van der Waals surface area contributed by atoms with Crippen LogP contribution in [0.15, 0.2) is 96.2 Å². The number of nitrogens with zero attached hydrogens (tertiary/aromatic N) is 3. The predicted molar refractivity (Wildman–Crippen MR) is 225 cm³/mol. The van der Waals surface area contributed by atoms with Gasteiger partial charge in [-0.3, -0.25) is 14.9 Å². The number of amides is 1. The number of nitro groups is 1. The van der Waals surface area contributed by atoms with E-state index in [1.807, 2.05) is 12.1 Å². The Labute approximate surface area is 354 Å². The van der Waals surface area contributed by atoms with Crippen molar-refractivity contribution in [1.82, 2.24) is 4.90 Å². The van der Waals surface area contributed by atoms with E-state index < -0.39 is 28.8 Å². The van der Waals surface area contributed by atoms with Crippen LogP contribution in [0.1, 0.15) is 72.3 Å². The Morgan fingerprint density at radius 3 is 2.52 bits per heavy atom. The first-order valence-electron chi connectivity index (χ1n) is 20.3. The van der Waals surface area contributed by atoms with Gasteiger partial charge in [0.05, 0.1) is 29.0 Å². The van der Waals surface area contributed by atoms with Crippen molar-refractivity contribution in [3.63, 3.8) is 0 Å². The molecule has 0 unspecified atom stereocenters. The molecular formula is C45H52ClN3O11. The van der Waals surface area contributed by atoms with E-state index in [0.717, 1.165) is 43.1 Å². The number of fused-ring (bicyclic) bond motifs is 2. The van der Waals surface area contributed by atoms with E-state index in [-0.39, 0.29) is 68.8 Å². The zero-order valence-electron chi connectivity index (χ0n) is 33.7. The fourth-order valence-corrected chi connectivity index (χ4v) is 8.91. The number of halogens is 1. The molecule has 60 heavy (non-hydrogen) atoms. The SMILES string of the molecule is C=CCO[C@@]12Oc3ccc(Oc4cccc(C=O)c4)cc3[C@H]3[C@H](CCCCO)[C@@H](CCCCO)C=C(C(=NOCc4ccc([N+](=O)[O-])cc4)C[C@@H]1N(C)C(=O)OCCCl)[C@H]32. The number of benzene rings is 3. The second kappa shape index (κ2) is 20.8. The molecule has 1 fully saturated rings. The van der Waals surface area contributed by atoms with Crippen LogP contribution in [0, 0.1) is 27.9 Å². The van der Waals surface area contributed by atoms with Crippen LogP contribution in [0.4, 0.5) is 10.5 Å². The Kier molecular flexibility index (Phi) is 15.4. The molecule has 1 aliphatic heterocycles. The van der Waals surface area contributed by atoms with Crippen LogP contribution in [0.25, 0.3) is 0 Å². The van der Waals surface area contributed by atoms with Gasteiger partial charge in [-0.05, 0) is 91.1 Å². The average molecular weight is 846 g/mol. The molecular weight excluding hydrogens is 794 g/mol. The lowest BCUT2D eigenvalue weighted by atomic mass is 9.55. The Hall–Kier alpha value is -5.28. The van der Waals surface area contributed by atoms with Gasteiger partial charge >= 0.3 is 6.09 Å². The number of unbranched alkanes of at least 4 members (excludes halogenated alkanes) is 2. The van der Waals surface area contributed by atoms with Crippen molar-refractivity contribution in [3.05, 3.63) is 118 Å². The third-order valence-electron chi connectivity index (χ3n) is 11.5. The molecule has 1 heterocycles. The van der Waals surface area contributed by atoms with E-state index in [4.69, 9.17) is 40.5 Å². The molecule has 0 radical (unpaired) electrons. The normalized spacial score (nSPS) is 23.3. The highest BCUT2D eigenvalue weighted by molar-refractivity contribution is 6.18. The molecule has 3 aliphatic rings. The largest absolute Gasteiger partial charge is 0.459 e. The first-order valence-corrected chi connectivity index (χ1v) is 20.8. The van der Waals surface area contributed by atoms with Crippen molar-refractivity contribution in [3.8, 4) is 17.2 Å². The van der Waals surface area contributed by atoms with Crippen molar-refractivity contribution in [2.75, 3.05) is 39.4 Å². The van der Waals surface area contributed by atoms with Crippen molar-refractivity contribution in [2.45, 2.75) is 69.3 Å². The standard InChI is InChI=1S/C45H52ClN3O11/c1-3-22-57-45-41(48(2)44(53)56-23-19-46)27-39(47-58-29-30-13-15-33(16-14-30)49(54)55)37-25-32(10-4-6-20-50)36(12-5-7-21-51)42(43(37)45)38-26-35(17-18-40(38)60-45)59-34-11-8-9-31(24-34)28-52/h3,8-9,11,13-18,24-26,28,32,36,41-43,50-51H,1,4-7,10,12,19-23,27,29H2,2H3/t32-,36+,41-,42+,43+,45+/m0/s1. The van der Waals surface area contributed by atoms with Crippen LogP contribution < -0.4 is 9.47 Å². The molecule has 15 heteroatoms. The molecule has 6 atom stereocenters. The number of nitro benzene ring substituents is 1. The molecule has 0 aromatic heterocycles. The maximum absolute atomic E-state index is 13.8. The highest BCUT2D eigenvalue weighted by Gasteiger charge is 2.65. The van der Waals surface area contributed by atoms with Crippen LogP contribution in [-0.4, -0.2) is 89.3 Å². The van der Waals surface area contributed by atoms with Gasteiger partial charge < -0.3 is 38.9 Å². The predicted octanol–water partition coefficient (Wildman–Crippen LogP) is 8.34. The summed E-state index contributed by atoms with van der Waals surface area (Å²) in [6, 6.07) is 17.7. The Morgan fingerprint density at radius 2 is 1.82 bits per heavy atom. The van der Waals surface area contributed by atoms with Crippen LogP contribution in [0.5, 0.6) is 17.2 Å². The number of aldehydes is 1. The topological polar surface area (TPSA) is 179 Å². The number of allylic oxidation sites excluding steroid dienone is 1. The van der Waals surface area contributed by atoms with E-state index in [1.54, 1.807) is 55.6 Å². The summed E-state index contributed by atoms with van der Waals surface area (Å²) in [4.78, 5) is 43.7. The Balaban J connectivity index is 1.53. The molecule has 320 valence electrons. The molecule has 1 saturated carbocycles. The number of carbonyl (C=O) groups excluding carboxylic acids is 2. The summed E-state index contributed by atoms with van der Waals surface area (Å²) in [6.45, 7) is 4.14. The number of likely N-dealkylation sites (N-methyl/N-ethyl adjacent to an activating group) is 1. The van der Waals surface area contributed by atoms with E-state index in [2.05, 4.69) is 12.7 Å². The molecule has 6 rings (SSSR count). The summed E-state index contributed by atoms with van der Waals surface area (Å²) >= 11 is 5.94. The third kappa shape index (κ3) is 9.84. The molecule has 3 aromatic carbocycles. The summed E-state index contributed by atoms with van der Waals surface area (Å²) in [5.74, 6) is -0.755. The fourth-order valence-electron chi connectivity index (χ4n) is 8.83. The first-order chi connectivity index (χ1) is 29.2. The summed E-state index contributed by atoms with van der Waals surface area (Å²) in [5.41, 5.74) is 3.35. The van der Waals surface area contributed by atoms with E-state index in [9.17, 15) is 29.9 Å². The van der Waals surface area contributed by atoms with Crippen molar-refractivity contribution in [1.29, 1.82) is 0 Å². The number of hydrogen-bond acceptors (Lipinski definition) is 12. The van der Waals surface area contributed by atoms with Gasteiger partial charge in [0.1, 0.15) is 42.8 Å². The molecule has 1 amide bonds. The molecule has 0 saturated heterocycles. The number of hydrogen-bond donors (Lipinski definition) is 2. The van der Waals surface area contributed by atoms with Crippen LogP contribution in [0.3, 0.4) is 0 Å². The van der Waals surface area contributed by atoms with Crippen LogP contribution >= 0.6 is 11.6 Å². The highest BCUT2D eigenvalue weighted by Crippen LogP contribution is 2.62. The molecule has 0 bridgehead atoms. The van der Waals surface area contributed by atoms with Gasteiger partial charge in [-0.1, -0.05) is 42.3 Å². The van der Waals surface area contributed by atoms with E-state index in [0.29, 0.717) is 46.9 Å². The lowest BCUT2D eigenvalue weighted by Gasteiger charge is -2.59. The minimum Gasteiger partial charge on any atom is -0.459 e. The summed E-state index contributed by atoms with van der Waals surface area (Å²) in [5, 5.41) is 35.7. The number of alkyl halides is 1. The Bertz CT molecular complexity index is 2040. The number of ether oxygens (including phenoxy) is 4. The van der Waals surface area contributed by atoms with Gasteiger partial charge in [0.2, 0.25) is 5.79 Å². The minimum absolute atomic E-state index is 0.00812. The van der Waals surface area contributed by atoms with Crippen molar-refractivity contribution >= 4 is 35.4 Å². The number of aliphatic hydroxyl groups is 2. The summed E-state index contributed by atoms with van der Waals surface area (Å²) < 4.78 is 25.9. The van der Waals surface area contributed by atoms with Crippen molar-refractivity contribution in [2.24, 2.45) is 22.9 Å². The van der Waals surface area contributed by atoms with Crippen LogP contribution in [-0.2, 0) is 20.9 Å². The lowest BCUT2D eigenvalue weighted by Crippen LogP contribution is -2.69. The third-order valence-corrected chi connectivity index (χ3v) is 11.6. The number of rotatable bonds is 21. The number of carbonyl (C=O) groups is 2. The number of oxime groups is 1. The molecule has 0 spiro atoms. The zero-order valence-corrected chi connectivity index (χ0v) is 34.4. The van der Waals surface area contributed by atoms with Gasteiger partial charge in [-0.15, -0.1) is 18.2 Å². The maximum atomic E-state index is 13.8. The Morgan fingerprint density at radius 1 is 1.07 bits per heavy atom. The minimum atomic E-state index is -1.49. The van der Waals surface area contributed by atoms with Crippen molar-refractivity contribution < 1.29 is 48.5 Å². The quantitative estimate of drug-likeness (QED) is 0.0263. The summed E-state index contributed by atoms with van der Waals surface area (Å²) in [6.07, 6.45) is 8.35. The number of non-ortho nitro benzene ring substituents is 1.